The first-order valence-electron chi connectivity index (χ1n) is 4.86. The number of hydrogen-bond acceptors (Lipinski definition) is 2. The minimum atomic E-state index is -0.532. The number of nitrogens with two attached hydrogens (primary N) is 1. The maximum atomic E-state index is 8.73. The molecular formula is C13H12N2. The van der Waals surface area contributed by atoms with E-state index in [0.29, 0.717) is 0 Å². The van der Waals surface area contributed by atoms with Gasteiger partial charge in [-0.2, -0.15) is 5.26 Å². The molecule has 0 aliphatic carbocycles. The Morgan fingerprint density at radius 3 is 2.53 bits per heavy atom. The number of nitriles is 1. The van der Waals surface area contributed by atoms with Crippen LogP contribution in [0.3, 0.4) is 0 Å². The molecule has 2 aromatic carbocycles. The van der Waals surface area contributed by atoms with Crippen molar-refractivity contribution in [3.63, 3.8) is 0 Å². The topological polar surface area (TPSA) is 49.8 Å². The summed E-state index contributed by atoms with van der Waals surface area (Å²) in [6.07, 6.45) is 0. The Balaban J connectivity index is 2.58. The summed E-state index contributed by atoms with van der Waals surface area (Å²) in [7, 11) is 0. The molecular weight excluding hydrogens is 184 g/mol. The summed E-state index contributed by atoms with van der Waals surface area (Å²) in [5.74, 6) is 0. The predicted octanol–water partition coefficient (Wildman–Crippen LogP) is 2.67. The van der Waals surface area contributed by atoms with Crippen molar-refractivity contribution in [2.75, 3.05) is 0 Å². The number of aryl methyl sites for hydroxylation is 1. The smallest absolute Gasteiger partial charge is 0.118 e. The highest BCUT2D eigenvalue weighted by Gasteiger charge is 2.04. The van der Waals surface area contributed by atoms with Crippen LogP contribution in [0, 0.1) is 18.3 Å². The van der Waals surface area contributed by atoms with E-state index in [-0.39, 0.29) is 0 Å². The van der Waals surface area contributed by atoms with E-state index in [2.05, 4.69) is 25.1 Å². The molecule has 0 heterocycles. The van der Waals surface area contributed by atoms with Gasteiger partial charge in [0.05, 0.1) is 6.07 Å². The molecule has 2 N–H and O–H groups in total. The Morgan fingerprint density at radius 1 is 1.13 bits per heavy atom. The van der Waals surface area contributed by atoms with Crippen molar-refractivity contribution in [2.45, 2.75) is 13.0 Å². The maximum absolute atomic E-state index is 8.73. The molecule has 0 aliphatic heterocycles. The number of nitrogens with zero attached hydrogens (tertiary/aromatic N) is 1. The first-order chi connectivity index (χ1) is 7.20. The van der Waals surface area contributed by atoms with Crippen LogP contribution < -0.4 is 5.73 Å². The van der Waals surface area contributed by atoms with Crippen LogP contribution in [0.5, 0.6) is 0 Å². The first kappa shape index (κ1) is 9.70. The van der Waals surface area contributed by atoms with Crippen molar-refractivity contribution in [3.05, 3.63) is 47.5 Å². The standard InChI is InChI=1S/C13H12N2/c1-9-2-3-11-7-12(13(15)8-14)5-4-10(11)6-9/h2-7,13H,15H2,1H3. The Bertz CT molecular complexity index is 538. The molecule has 0 bridgehead atoms. The molecule has 1 unspecified atom stereocenters. The van der Waals surface area contributed by atoms with E-state index in [1.807, 2.05) is 24.3 Å². The Hall–Kier alpha value is -1.85. The van der Waals surface area contributed by atoms with Crippen LogP contribution >= 0.6 is 0 Å². The maximum Gasteiger partial charge on any atom is 0.118 e. The average molecular weight is 196 g/mol. The molecule has 1 atom stereocenters. The summed E-state index contributed by atoms with van der Waals surface area (Å²) in [5.41, 5.74) is 7.76. The summed E-state index contributed by atoms with van der Waals surface area (Å²) >= 11 is 0. The molecule has 74 valence electrons. The molecule has 0 fully saturated rings. The largest absolute Gasteiger partial charge is 0.312 e. The fourth-order valence-corrected chi connectivity index (χ4v) is 1.65. The molecule has 0 aromatic heterocycles. The van der Waals surface area contributed by atoms with E-state index in [1.165, 1.54) is 10.9 Å². The summed E-state index contributed by atoms with van der Waals surface area (Å²) in [4.78, 5) is 0. The van der Waals surface area contributed by atoms with Crippen molar-refractivity contribution in [1.82, 2.24) is 0 Å². The second-order valence-electron chi connectivity index (χ2n) is 3.72. The highest BCUT2D eigenvalue weighted by Crippen LogP contribution is 2.20. The van der Waals surface area contributed by atoms with Gasteiger partial charge in [0.15, 0.2) is 0 Å². The normalized spacial score (nSPS) is 12.3. The number of fused-ring (bicyclic) bond motifs is 1. The van der Waals surface area contributed by atoms with Gasteiger partial charge in [0.2, 0.25) is 0 Å². The molecule has 2 nitrogen and oxygen atoms in total. The molecule has 2 heteroatoms. The molecule has 2 aromatic rings. The number of rotatable bonds is 1. The molecule has 0 saturated carbocycles. The fourth-order valence-electron chi connectivity index (χ4n) is 1.65. The molecule has 0 amide bonds. The Labute approximate surface area is 88.9 Å². The van der Waals surface area contributed by atoms with Gasteiger partial charge in [0.25, 0.3) is 0 Å². The van der Waals surface area contributed by atoms with Crippen LogP contribution in [-0.2, 0) is 0 Å². The summed E-state index contributed by atoms with van der Waals surface area (Å²) in [6.45, 7) is 2.06. The van der Waals surface area contributed by atoms with Gasteiger partial charge in [-0.25, -0.2) is 0 Å². The zero-order valence-corrected chi connectivity index (χ0v) is 8.57. The van der Waals surface area contributed by atoms with Gasteiger partial charge in [-0.1, -0.05) is 35.9 Å². The van der Waals surface area contributed by atoms with E-state index in [4.69, 9.17) is 11.0 Å². The van der Waals surface area contributed by atoms with Gasteiger partial charge < -0.3 is 5.73 Å². The van der Waals surface area contributed by atoms with E-state index < -0.39 is 6.04 Å². The van der Waals surface area contributed by atoms with Crippen molar-refractivity contribution in [2.24, 2.45) is 5.73 Å². The SMILES string of the molecule is Cc1ccc2cc(C(N)C#N)ccc2c1. The lowest BCUT2D eigenvalue weighted by atomic mass is 10.0. The van der Waals surface area contributed by atoms with Crippen LogP contribution in [-0.4, -0.2) is 0 Å². The van der Waals surface area contributed by atoms with Crippen LogP contribution in [0.4, 0.5) is 0 Å². The van der Waals surface area contributed by atoms with Crippen LogP contribution in [0.15, 0.2) is 36.4 Å². The van der Waals surface area contributed by atoms with E-state index in [9.17, 15) is 0 Å². The fraction of sp³-hybridized carbons (Fsp3) is 0.154. The van der Waals surface area contributed by atoms with Crippen molar-refractivity contribution in [1.29, 1.82) is 5.26 Å². The van der Waals surface area contributed by atoms with E-state index in [0.717, 1.165) is 10.9 Å². The molecule has 0 aliphatic rings. The average Bonchev–Trinajstić information content (AvgIpc) is 2.27. The number of benzene rings is 2. The minimum absolute atomic E-state index is 0.532. The van der Waals surface area contributed by atoms with Gasteiger partial charge in [0.1, 0.15) is 6.04 Å². The van der Waals surface area contributed by atoms with Crippen molar-refractivity contribution in [3.8, 4) is 6.07 Å². The van der Waals surface area contributed by atoms with Gasteiger partial charge in [-0.3, -0.25) is 0 Å². The summed E-state index contributed by atoms with van der Waals surface area (Å²) in [6, 6.07) is 13.6. The second kappa shape index (κ2) is 3.72. The first-order valence-corrected chi connectivity index (χ1v) is 4.86. The zero-order chi connectivity index (χ0) is 10.8. The van der Waals surface area contributed by atoms with E-state index in [1.54, 1.807) is 0 Å². The monoisotopic (exact) mass is 196 g/mol. The molecule has 2 rings (SSSR count). The highest BCUT2D eigenvalue weighted by molar-refractivity contribution is 5.84. The lowest BCUT2D eigenvalue weighted by Crippen LogP contribution is -2.06. The quantitative estimate of drug-likeness (QED) is 0.762. The second-order valence-corrected chi connectivity index (χ2v) is 3.72. The summed E-state index contributed by atoms with van der Waals surface area (Å²) < 4.78 is 0. The van der Waals surface area contributed by atoms with Gasteiger partial charge in [-0.15, -0.1) is 0 Å². The summed E-state index contributed by atoms with van der Waals surface area (Å²) in [5, 5.41) is 11.0. The van der Waals surface area contributed by atoms with Crippen molar-refractivity contribution >= 4 is 10.8 Å². The molecule has 0 saturated heterocycles. The molecule has 0 radical (unpaired) electrons. The predicted molar refractivity (Wildman–Crippen MR) is 61.2 cm³/mol. The van der Waals surface area contributed by atoms with Gasteiger partial charge in [-0.05, 0) is 29.3 Å². The van der Waals surface area contributed by atoms with Crippen molar-refractivity contribution < 1.29 is 0 Å². The zero-order valence-electron chi connectivity index (χ0n) is 8.57. The lowest BCUT2D eigenvalue weighted by Gasteiger charge is -2.05. The van der Waals surface area contributed by atoms with Crippen LogP contribution in [0.25, 0.3) is 10.8 Å². The Morgan fingerprint density at radius 2 is 1.80 bits per heavy atom. The third-order valence-electron chi connectivity index (χ3n) is 2.52. The van der Waals surface area contributed by atoms with Gasteiger partial charge >= 0.3 is 0 Å². The van der Waals surface area contributed by atoms with E-state index >= 15 is 0 Å². The third-order valence-corrected chi connectivity index (χ3v) is 2.52. The Kier molecular flexibility index (Phi) is 2.40. The third kappa shape index (κ3) is 1.83. The van der Waals surface area contributed by atoms with Crippen LogP contribution in [0.2, 0.25) is 0 Å². The lowest BCUT2D eigenvalue weighted by molar-refractivity contribution is 0.929. The van der Waals surface area contributed by atoms with Crippen LogP contribution in [0.1, 0.15) is 17.2 Å². The van der Waals surface area contributed by atoms with Gasteiger partial charge in [0, 0.05) is 0 Å². The minimum Gasteiger partial charge on any atom is -0.312 e. The molecule has 0 spiro atoms. The molecule has 15 heavy (non-hydrogen) atoms. The number of hydrogen-bond donors (Lipinski definition) is 1. The highest BCUT2D eigenvalue weighted by atomic mass is 14.6.